The van der Waals surface area contributed by atoms with E-state index < -0.39 is 11.7 Å². The maximum atomic E-state index is 15.3. The van der Waals surface area contributed by atoms with Crippen LogP contribution < -0.4 is 0 Å². The normalized spacial score (nSPS) is 11.9. The van der Waals surface area contributed by atoms with Crippen molar-refractivity contribution >= 4 is 43.6 Å². The first-order valence-corrected chi connectivity index (χ1v) is 24.2. The highest BCUT2D eigenvalue weighted by atomic mass is 19.4. The molecule has 6 aromatic carbocycles. The summed E-state index contributed by atoms with van der Waals surface area (Å²) in [5.74, 6) is 6.36. The van der Waals surface area contributed by atoms with Crippen LogP contribution in [0.25, 0.3) is 112 Å². The van der Waals surface area contributed by atoms with Gasteiger partial charge in [-0.25, -0.2) is 59.8 Å². The Bertz CT molecular complexity index is 4180. The fraction of sp³-hybridized carbons (Fsp3) is 0.155. The zero-order valence-corrected chi connectivity index (χ0v) is 42.2. The van der Waals surface area contributed by atoms with E-state index in [0.29, 0.717) is 131 Å². The fourth-order valence-corrected chi connectivity index (χ4v) is 10.3. The third-order valence-corrected chi connectivity index (χ3v) is 13.2. The minimum Gasteiger partial charge on any atom is -0.309 e. The zero-order valence-electron chi connectivity index (χ0n) is 42.2. The van der Waals surface area contributed by atoms with Crippen molar-refractivity contribution < 1.29 is 13.2 Å². The second-order valence-corrected chi connectivity index (χ2v) is 18.7. The Kier molecular flexibility index (Phi) is 11.0. The van der Waals surface area contributed by atoms with E-state index in [2.05, 4.69) is 65.9 Å². The first-order valence-electron chi connectivity index (χ1n) is 24.2. The van der Waals surface area contributed by atoms with Crippen LogP contribution in [0, 0.1) is 66.7 Å². The van der Waals surface area contributed by atoms with Crippen LogP contribution in [0.5, 0.6) is 0 Å². The number of nitriles is 1. The van der Waals surface area contributed by atoms with Gasteiger partial charge in [0.15, 0.2) is 23.3 Å². The van der Waals surface area contributed by atoms with Crippen LogP contribution in [-0.2, 0) is 6.18 Å². The number of alkyl halides is 3. The molecule has 0 saturated carbocycles. The maximum Gasteiger partial charge on any atom is 0.416 e. The molecule has 0 unspecified atom stereocenters. The smallest absolute Gasteiger partial charge is 0.309 e. The van der Waals surface area contributed by atoms with Gasteiger partial charge in [0.25, 0.3) is 0 Å². The third kappa shape index (κ3) is 8.18. The van der Waals surface area contributed by atoms with E-state index in [9.17, 15) is 5.26 Å². The lowest BCUT2D eigenvalue weighted by Crippen LogP contribution is -2.08. The topological polar surface area (TPSA) is 188 Å². The van der Waals surface area contributed by atoms with Crippen LogP contribution >= 0.6 is 0 Å². The molecule has 0 aliphatic rings. The van der Waals surface area contributed by atoms with E-state index >= 15 is 13.2 Å². The molecule has 0 saturated heterocycles. The summed E-state index contributed by atoms with van der Waals surface area (Å²) in [7, 11) is 0. The molecule has 0 spiro atoms. The monoisotopic (exact) mass is 1010 g/mol. The van der Waals surface area contributed by atoms with Gasteiger partial charge in [-0.05, 0) is 152 Å². The number of aryl methyl sites for hydroxylation is 8. The number of fused-ring (bicyclic) bond motifs is 6. The van der Waals surface area contributed by atoms with Crippen LogP contribution in [0.1, 0.15) is 57.7 Å². The number of rotatable bonds is 7. The van der Waals surface area contributed by atoms with E-state index in [4.69, 9.17) is 0 Å². The molecule has 6 aromatic heterocycles. The summed E-state index contributed by atoms with van der Waals surface area (Å²) >= 11 is 0. The minimum absolute atomic E-state index is 0.219. The predicted molar refractivity (Wildman–Crippen MR) is 283 cm³/mol. The Morgan fingerprint density at radius 3 is 1.05 bits per heavy atom. The molecule has 0 aliphatic heterocycles. The van der Waals surface area contributed by atoms with E-state index in [1.54, 1.807) is 45.9 Å². The van der Waals surface area contributed by atoms with Gasteiger partial charge >= 0.3 is 6.18 Å². The van der Waals surface area contributed by atoms with Gasteiger partial charge in [0.1, 0.15) is 52.7 Å². The number of aromatic nitrogens is 14. The van der Waals surface area contributed by atoms with Crippen LogP contribution in [0.15, 0.2) is 109 Å². The van der Waals surface area contributed by atoms with E-state index in [-0.39, 0.29) is 11.1 Å². The third-order valence-electron chi connectivity index (χ3n) is 13.2. The Labute approximate surface area is 432 Å². The highest BCUT2D eigenvalue weighted by Gasteiger charge is 2.33. The molecule has 15 nitrogen and oxygen atoms in total. The largest absolute Gasteiger partial charge is 0.416 e. The second-order valence-electron chi connectivity index (χ2n) is 18.7. The first kappa shape index (κ1) is 47.3. The molecule has 0 aliphatic carbocycles. The number of para-hydroxylation sites is 1. The molecule has 0 N–H and O–H groups in total. The van der Waals surface area contributed by atoms with Crippen molar-refractivity contribution in [2.75, 3.05) is 0 Å². The number of benzene rings is 6. The van der Waals surface area contributed by atoms with Crippen molar-refractivity contribution in [3.63, 3.8) is 0 Å². The van der Waals surface area contributed by atoms with Gasteiger partial charge in [0, 0.05) is 54.9 Å². The lowest BCUT2D eigenvalue weighted by molar-refractivity contribution is -0.137. The van der Waals surface area contributed by atoms with Gasteiger partial charge in [0.2, 0.25) is 0 Å². The van der Waals surface area contributed by atoms with Gasteiger partial charge in [-0.1, -0.05) is 12.1 Å². The van der Waals surface area contributed by atoms with Crippen LogP contribution in [0.3, 0.4) is 0 Å². The molecule has 0 amide bonds. The van der Waals surface area contributed by atoms with Gasteiger partial charge in [-0.2, -0.15) is 18.4 Å². The standard InChI is InChI=1S/C58H42F3N15/c1-28-63-29(2)68-54(67-28)36-12-17-48-43(22-36)44-23-37(55-69-30(3)64-31(4)70-55)13-18-49(44)75(48)50-21-16-41(58(59,60)61)26-47(50)42-11-9-10-40(27-62)53(42)76-51-19-14-38(56-71-32(5)65-33(6)72-56)24-45(51)46-25-39(15-20-52(46)76)57-73-34(7)66-35(8)74-57/h9-26H,1-8H3. The molecule has 76 heavy (non-hydrogen) atoms. The van der Waals surface area contributed by atoms with Gasteiger partial charge in [-0.3, -0.25) is 0 Å². The van der Waals surface area contributed by atoms with Crippen molar-refractivity contribution in [2.45, 2.75) is 61.6 Å². The Balaban J connectivity index is 1.16. The van der Waals surface area contributed by atoms with Crippen LogP contribution in [-0.4, -0.2) is 68.9 Å². The number of hydrogen-bond acceptors (Lipinski definition) is 13. The molecule has 370 valence electrons. The van der Waals surface area contributed by atoms with E-state index in [1.807, 2.05) is 110 Å². The number of hydrogen-bond donors (Lipinski definition) is 0. The Morgan fingerprint density at radius 1 is 0.382 bits per heavy atom. The summed E-state index contributed by atoms with van der Waals surface area (Å²) in [4.78, 5) is 54.9. The minimum atomic E-state index is -4.73. The lowest BCUT2D eigenvalue weighted by atomic mass is 9.96. The predicted octanol–water partition coefficient (Wildman–Crippen LogP) is 12.3. The summed E-state index contributed by atoms with van der Waals surface area (Å²) in [6.07, 6.45) is -4.73. The first-order chi connectivity index (χ1) is 36.5. The second kappa shape index (κ2) is 17.7. The average Bonchev–Trinajstić information content (AvgIpc) is 3.87. The molecule has 12 rings (SSSR count). The number of nitrogens with zero attached hydrogens (tertiary/aromatic N) is 15. The molecular weight excluding hydrogens is 964 g/mol. The lowest BCUT2D eigenvalue weighted by Gasteiger charge is -2.21. The van der Waals surface area contributed by atoms with Crippen LogP contribution in [0.2, 0.25) is 0 Å². The van der Waals surface area contributed by atoms with Crippen molar-refractivity contribution in [2.24, 2.45) is 0 Å². The molecule has 18 heteroatoms. The molecule has 0 bridgehead atoms. The summed E-state index contributed by atoms with van der Waals surface area (Å²) < 4.78 is 49.7. The van der Waals surface area contributed by atoms with Crippen molar-refractivity contribution in [1.82, 2.24) is 68.9 Å². The molecule has 0 atom stereocenters. The summed E-state index contributed by atoms with van der Waals surface area (Å²) in [5, 5.41) is 14.2. The quantitative estimate of drug-likeness (QED) is 0.147. The number of halogens is 3. The summed E-state index contributed by atoms with van der Waals surface area (Å²) in [5.41, 5.74) is 6.31. The van der Waals surface area contributed by atoms with Crippen molar-refractivity contribution in [1.29, 1.82) is 5.26 Å². The molecule has 6 heterocycles. The molecule has 12 aromatic rings. The molecule has 0 radical (unpaired) electrons. The average molecular weight is 1010 g/mol. The zero-order chi connectivity index (χ0) is 52.9. The SMILES string of the molecule is Cc1nc(C)nc(-c2ccc3c(c2)c2cc(-c4nc(C)nc(C)n4)ccc2n3-c2ccc(C(F)(F)F)cc2-c2cccc(C#N)c2-n2c3ccc(-c4nc(C)nc(C)n4)cc3c3cc(-c4nc(C)nc(C)n4)ccc32)n1. The highest BCUT2D eigenvalue weighted by molar-refractivity contribution is 6.14. The Hall–Kier alpha value is -9.76. The summed E-state index contributed by atoms with van der Waals surface area (Å²) in [6.45, 7) is 14.5. The summed E-state index contributed by atoms with van der Waals surface area (Å²) in [6, 6.07) is 34.6. The molecule has 0 fully saturated rings. The van der Waals surface area contributed by atoms with Crippen molar-refractivity contribution in [3.05, 3.63) is 167 Å². The van der Waals surface area contributed by atoms with E-state index in [1.165, 1.54) is 12.1 Å². The highest BCUT2D eigenvalue weighted by Crippen LogP contribution is 2.45. The van der Waals surface area contributed by atoms with Crippen LogP contribution in [0.4, 0.5) is 13.2 Å². The van der Waals surface area contributed by atoms with Crippen molar-refractivity contribution in [3.8, 4) is 74.1 Å². The maximum absolute atomic E-state index is 15.3. The van der Waals surface area contributed by atoms with Gasteiger partial charge < -0.3 is 9.13 Å². The fourth-order valence-electron chi connectivity index (χ4n) is 10.3. The van der Waals surface area contributed by atoms with Gasteiger partial charge in [0.05, 0.1) is 44.6 Å². The molecular formula is C58H42F3N15. The van der Waals surface area contributed by atoms with E-state index in [0.717, 1.165) is 27.6 Å². The Morgan fingerprint density at radius 2 is 0.724 bits per heavy atom. The van der Waals surface area contributed by atoms with Gasteiger partial charge in [-0.15, -0.1) is 0 Å².